The third kappa shape index (κ3) is 5.77. The number of aromatic nitrogens is 2. The van der Waals surface area contributed by atoms with Gasteiger partial charge in [0.1, 0.15) is 0 Å². The van der Waals surface area contributed by atoms with Crippen LogP contribution in [-0.4, -0.2) is 71.1 Å². The number of benzene rings is 1. The number of anilines is 1. The van der Waals surface area contributed by atoms with Crippen molar-refractivity contribution >= 4 is 28.6 Å². The molecular weight excluding hydrogens is 475 g/mol. The van der Waals surface area contributed by atoms with Crippen molar-refractivity contribution in [3.05, 3.63) is 23.8 Å². The molecule has 0 radical (unpaired) electrons. The highest BCUT2D eigenvalue weighted by Gasteiger charge is 2.38. The zero-order chi connectivity index (χ0) is 26.0. The Balaban J connectivity index is 1.25. The van der Waals surface area contributed by atoms with Gasteiger partial charge in [-0.25, -0.2) is 0 Å². The average molecular weight is 510 g/mol. The number of halogens is 3. The summed E-state index contributed by atoms with van der Waals surface area (Å²) in [5, 5.41) is 10.9. The number of carbonyl (C=O) groups is 2. The molecule has 8 nitrogen and oxygen atoms in total. The van der Waals surface area contributed by atoms with Gasteiger partial charge in [-0.05, 0) is 57.2 Å². The third-order valence-corrected chi connectivity index (χ3v) is 7.39. The molecule has 1 amide bonds. The fourth-order valence-electron chi connectivity index (χ4n) is 5.15. The lowest BCUT2D eigenvalue weighted by Gasteiger charge is -2.46. The fraction of sp³-hybridized carbons (Fsp3) is 0.640. The maximum Gasteiger partial charge on any atom is 0.395 e. The van der Waals surface area contributed by atoms with Gasteiger partial charge in [0.15, 0.2) is 5.82 Å². The summed E-state index contributed by atoms with van der Waals surface area (Å²) in [6.45, 7) is 4.88. The van der Waals surface area contributed by atoms with Gasteiger partial charge >= 0.3 is 12.1 Å². The van der Waals surface area contributed by atoms with Gasteiger partial charge in [0.25, 0.3) is 0 Å². The lowest BCUT2D eigenvalue weighted by atomic mass is 9.84. The Hall–Kier alpha value is -2.82. The van der Waals surface area contributed by atoms with Crippen molar-refractivity contribution in [1.82, 2.24) is 20.0 Å². The first kappa shape index (κ1) is 26.2. The van der Waals surface area contributed by atoms with Crippen molar-refractivity contribution < 1.29 is 27.5 Å². The predicted molar refractivity (Wildman–Crippen MR) is 130 cm³/mol. The minimum atomic E-state index is -4.33. The van der Waals surface area contributed by atoms with Crippen LogP contribution >= 0.6 is 0 Å². The van der Waals surface area contributed by atoms with E-state index in [-0.39, 0.29) is 35.9 Å². The summed E-state index contributed by atoms with van der Waals surface area (Å²) < 4.78 is 46.2. The molecule has 198 valence electrons. The number of rotatable bonds is 8. The topological polar surface area (TPSA) is 88.5 Å². The maximum atomic E-state index is 13.2. The quantitative estimate of drug-likeness (QED) is 0.529. The summed E-state index contributed by atoms with van der Waals surface area (Å²) in [7, 11) is 1.71. The van der Waals surface area contributed by atoms with Crippen LogP contribution in [0.25, 0.3) is 10.9 Å². The summed E-state index contributed by atoms with van der Waals surface area (Å²) in [6, 6.07) is 5.05. The van der Waals surface area contributed by atoms with Crippen LogP contribution in [0.15, 0.2) is 18.2 Å². The number of aryl methyl sites for hydroxylation is 1. The van der Waals surface area contributed by atoms with Crippen molar-refractivity contribution in [3.8, 4) is 0 Å². The van der Waals surface area contributed by atoms with E-state index in [1.54, 1.807) is 17.8 Å². The van der Waals surface area contributed by atoms with E-state index in [2.05, 4.69) is 20.6 Å². The molecule has 1 atom stereocenters. The standard InChI is InChI=1S/C25H34F3N5O3/c1-4-36-24(35)16-5-8-19(9-6-16)33-13-18(14-33)30-22(34)12-29-23-20-11-17(15(2)25(26,27)28)7-10-21(20)32(3)31-23/h7,10-11,15-16,18-19H,4-6,8-9,12-14H2,1-3H3,(H,29,31)(H,30,34). The Morgan fingerprint density at radius 2 is 1.89 bits per heavy atom. The van der Waals surface area contributed by atoms with Crippen LogP contribution in [0.1, 0.15) is 51.0 Å². The molecule has 1 aliphatic carbocycles. The molecule has 36 heavy (non-hydrogen) atoms. The van der Waals surface area contributed by atoms with E-state index >= 15 is 0 Å². The van der Waals surface area contributed by atoms with Crippen LogP contribution in [0.4, 0.5) is 19.0 Å². The molecule has 1 aromatic heterocycles. The first-order valence-electron chi connectivity index (χ1n) is 12.5. The van der Waals surface area contributed by atoms with E-state index in [0.717, 1.165) is 45.7 Å². The predicted octanol–water partition coefficient (Wildman–Crippen LogP) is 3.57. The molecule has 1 aromatic carbocycles. The molecule has 2 N–H and O–H groups in total. The number of alkyl halides is 3. The first-order chi connectivity index (χ1) is 17.1. The first-order valence-corrected chi connectivity index (χ1v) is 12.5. The second-order valence-corrected chi connectivity index (χ2v) is 9.84. The van der Waals surface area contributed by atoms with Gasteiger partial charge in [0.05, 0.1) is 36.5 Å². The lowest BCUT2D eigenvalue weighted by molar-refractivity contribution is -0.150. The highest BCUT2D eigenvalue weighted by atomic mass is 19.4. The van der Waals surface area contributed by atoms with E-state index in [9.17, 15) is 22.8 Å². The fourth-order valence-corrected chi connectivity index (χ4v) is 5.15. The van der Waals surface area contributed by atoms with Gasteiger partial charge in [-0.1, -0.05) is 6.07 Å². The maximum absolute atomic E-state index is 13.2. The molecule has 11 heteroatoms. The van der Waals surface area contributed by atoms with E-state index in [4.69, 9.17) is 4.74 Å². The van der Waals surface area contributed by atoms with Crippen LogP contribution in [-0.2, 0) is 21.4 Å². The number of ether oxygens (including phenoxy) is 1. The molecule has 1 aliphatic heterocycles. The lowest BCUT2D eigenvalue weighted by Crippen LogP contribution is -2.63. The molecule has 2 fully saturated rings. The van der Waals surface area contributed by atoms with Crippen LogP contribution in [0.3, 0.4) is 0 Å². The number of likely N-dealkylation sites (tertiary alicyclic amines) is 1. The smallest absolute Gasteiger partial charge is 0.395 e. The number of hydrogen-bond donors (Lipinski definition) is 2. The Bertz CT molecular complexity index is 1090. The van der Waals surface area contributed by atoms with Crippen molar-refractivity contribution in [2.24, 2.45) is 13.0 Å². The Morgan fingerprint density at radius 3 is 2.53 bits per heavy atom. The van der Waals surface area contributed by atoms with Crippen LogP contribution in [0.5, 0.6) is 0 Å². The number of fused-ring (bicyclic) bond motifs is 1. The molecule has 2 aromatic rings. The molecule has 2 aliphatic rings. The largest absolute Gasteiger partial charge is 0.466 e. The molecule has 1 saturated heterocycles. The number of esters is 1. The van der Waals surface area contributed by atoms with E-state index in [1.165, 1.54) is 12.1 Å². The second-order valence-electron chi connectivity index (χ2n) is 9.84. The molecule has 4 rings (SSSR count). The van der Waals surface area contributed by atoms with Crippen molar-refractivity contribution in [2.75, 3.05) is 31.6 Å². The number of nitrogens with one attached hydrogen (secondary N) is 2. The van der Waals surface area contributed by atoms with Crippen LogP contribution < -0.4 is 10.6 Å². The van der Waals surface area contributed by atoms with Crippen LogP contribution in [0, 0.1) is 5.92 Å². The van der Waals surface area contributed by atoms with Gasteiger partial charge < -0.3 is 15.4 Å². The van der Waals surface area contributed by atoms with E-state index < -0.39 is 12.1 Å². The van der Waals surface area contributed by atoms with Crippen molar-refractivity contribution in [2.45, 2.75) is 63.7 Å². The Morgan fingerprint density at radius 1 is 1.19 bits per heavy atom. The van der Waals surface area contributed by atoms with Gasteiger partial charge in [0, 0.05) is 31.6 Å². The average Bonchev–Trinajstić information content (AvgIpc) is 3.13. The summed E-state index contributed by atoms with van der Waals surface area (Å²) in [5.74, 6) is -1.50. The highest BCUT2D eigenvalue weighted by Crippen LogP contribution is 2.36. The molecular formula is C25H34F3N5O3. The second kappa shape index (κ2) is 10.7. The zero-order valence-electron chi connectivity index (χ0n) is 20.9. The number of nitrogens with zero attached hydrogens (tertiary/aromatic N) is 3. The highest BCUT2D eigenvalue weighted by molar-refractivity contribution is 5.92. The zero-order valence-corrected chi connectivity index (χ0v) is 20.9. The van der Waals surface area contributed by atoms with Crippen molar-refractivity contribution in [3.63, 3.8) is 0 Å². The number of carbonyl (C=O) groups excluding carboxylic acids is 2. The Kier molecular flexibility index (Phi) is 7.77. The summed E-state index contributed by atoms with van der Waals surface area (Å²) >= 11 is 0. The molecule has 1 saturated carbocycles. The minimum Gasteiger partial charge on any atom is -0.466 e. The Labute approximate surface area is 208 Å². The molecule has 0 bridgehead atoms. The molecule has 0 spiro atoms. The summed E-state index contributed by atoms with van der Waals surface area (Å²) in [6.07, 6.45) is -0.758. The van der Waals surface area contributed by atoms with Gasteiger partial charge in [-0.2, -0.15) is 18.3 Å². The SMILES string of the molecule is CCOC(=O)C1CCC(N2CC(NC(=O)CNc3nn(C)c4ccc(C(C)C(F)(F)F)cc34)C2)CC1. The normalized spacial score (nSPS) is 22.2. The number of amides is 1. The van der Waals surface area contributed by atoms with E-state index in [0.29, 0.717) is 29.4 Å². The summed E-state index contributed by atoms with van der Waals surface area (Å²) in [4.78, 5) is 26.8. The molecule has 1 unspecified atom stereocenters. The van der Waals surface area contributed by atoms with Crippen LogP contribution in [0.2, 0.25) is 0 Å². The van der Waals surface area contributed by atoms with Gasteiger partial charge in [-0.3, -0.25) is 19.2 Å². The van der Waals surface area contributed by atoms with E-state index in [1.807, 2.05) is 6.92 Å². The third-order valence-electron chi connectivity index (χ3n) is 7.39. The van der Waals surface area contributed by atoms with Gasteiger partial charge in [0.2, 0.25) is 5.91 Å². The summed E-state index contributed by atoms with van der Waals surface area (Å²) in [5.41, 5.74) is 0.838. The minimum absolute atomic E-state index is 0.000481. The monoisotopic (exact) mass is 509 g/mol. The van der Waals surface area contributed by atoms with Crippen molar-refractivity contribution in [1.29, 1.82) is 0 Å². The molecule has 2 heterocycles. The van der Waals surface area contributed by atoms with Gasteiger partial charge in [-0.15, -0.1) is 0 Å². The number of hydrogen-bond acceptors (Lipinski definition) is 6.